The highest BCUT2D eigenvalue weighted by molar-refractivity contribution is 14.0. The number of hydrogen-bond acceptors (Lipinski definition) is 4. The molecule has 0 saturated heterocycles. The van der Waals surface area contributed by atoms with Crippen molar-refractivity contribution in [2.75, 3.05) is 13.1 Å². The Balaban J connectivity index is 0.00000264. The lowest BCUT2D eigenvalue weighted by molar-refractivity contribution is 0.787. The number of guanidine groups is 1. The van der Waals surface area contributed by atoms with Crippen LogP contribution < -0.4 is 10.6 Å². The van der Waals surface area contributed by atoms with Gasteiger partial charge in [-0.3, -0.25) is 4.98 Å². The molecule has 7 heteroatoms. The SMILES string of the molecule is CCNC(=NCc1cccc(C)n1)NCCc1csc(C)n1.I. The molecule has 2 N–H and O–H groups in total. The molecule has 0 bridgehead atoms. The number of pyridine rings is 1. The van der Waals surface area contributed by atoms with Gasteiger partial charge in [0.2, 0.25) is 0 Å². The summed E-state index contributed by atoms with van der Waals surface area (Å²) >= 11 is 1.69. The lowest BCUT2D eigenvalue weighted by atomic mass is 10.3. The van der Waals surface area contributed by atoms with Gasteiger partial charge in [0.05, 0.1) is 22.9 Å². The fourth-order valence-electron chi connectivity index (χ4n) is 2.02. The minimum absolute atomic E-state index is 0. The fraction of sp³-hybridized carbons (Fsp3) is 0.438. The van der Waals surface area contributed by atoms with Gasteiger partial charge >= 0.3 is 0 Å². The van der Waals surface area contributed by atoms with Crippen LogP contribution in [0.4, 0.5) is 0 Å². The number of aryl methyl sites for hydroxylation is 2. The molecule has 0 radical (unpaired) electrons. The molecule has 0 aliphatic carbocycles. The number of halogens is 1. The maximum absolute atomic E-state index is 4.58. The first-order chi connectivity index (χ1) is 10.7. The molecule has 0 saturated carbocycles. The van der Waals surface area contributed by atoms with Gasteiger partial charge in [0.25, 0.3) is 0 Å². The van der Waals surface area contributed by atoms with Crippen LogP contribution in [0.25, 0.3) is 0 Å². The van der Waals surface area contributed by atoms with Gasteiger partial charge in [0.1, 0.15) is 0 Å². The largest absolute Gasteiger partial charge is 0.357 e. The van der Waals surface area contributed by atoms with Crippen LogP contribution in [0.2, 0.25) is 0 Å². The molecular weight excluding hydrogens is 421 g/mol. The molecule has 5 nitrogen and oxygen atoms in total. The average Bonchev–Trinajstić information content (AvgIpc) is 2.90. The van der Waals surface area contributed by atoms with E-state index in [-0.39, 0.29) is 24.0 Å². The van der Waals surface area contributed by atoms with Crippen molar-refractivity contribution in [2.24, 2.45) is 4.99 Å². The lowest BCUT2D eigenvalue weighted by Gasteiger charge is -2.10. The van der Waals surface area contributed by atoms with Gasteiger partial charge in [0.15, 0.2) is 5.96 Å². The molecule has 2 rings (SSSR count). The molecular formula is C16H24IN5S. The summed E-state index contributed by atoms with van der Waals surface area (Å²) in [5.41, 5.74) is 3.13. The van der Waals surface area contributed by atoms with Gasteiger partial charge in [-0.15, -0.1) is 35.3 Å². The number of hydrogen-bond donors (Lipinski definition) is 2. The van der Waals surface area contributed by atoms with Gasteiger partial charge in [-0.05, 0) is 32.9 Å². The lowest BCUT2D eigenvalue weighted by Crippen LogP contribution is -2.38. The maximum atomic E-state index is 4.58. The Morgan fingerprint density at radius 2 is 2.00 bits per heavy atom. The smallest absolute Gasteiger partial charge is 0.191 e. The highest BCUT2D eigenvalue weighted by Gasteiger charge is 2.01. The van der Waals surface area contributed by atoms with Crippen LogP contribution in [0.1, 0.15) is 29.0 Å². The summed E-state index contributed by atoms with van der Waals surface area (Å²) in [4.78, 5) is 13.5. The summed E-state index contributed by atoms with van der Waals surface area (Å²) in [7, 11) is 0. The number of aromatic nitrogens is 2. The molecule has 0 aliphatic rings. The van der Waals surface area contributed by atoms with Gasteiger partial charge in [-0.1, -0.05) is 6.07 Å². The summed E-state index contributed by atoms with van der Waals surface area (Å²) in [6.45, 7) is 8.31. The number of nitrogens with zero attached hydrogens (tertiary/aromatic N) is 3. The van der Waals surface area contributed by atoms with Crippen molar-refractivity contribution in [1.29, 1.82) is 0 Å². The molecule has 0 unspecified atom stereocenters. The van der Waals surface area contributed by atoms with Crippen molar-refractivity contribution >= 4 is 41.3 Å². The molecule has 2 aromatic rings. The zero-order valence-electron chi connectivity index (χ0n) is 13.8. The van der Waals surface area contributed by atoms with Crippen LogP contribution in [0.5, 0.6) is 0 Å². The first-order valence-corrected chi connectivity index (χ1v) is 8.41. The Kier molecular flexibility index (Phi) is 9.08. The third-order valence-electron chi connectivity index (χ3n) is 3.03. The molecule has 126 valence electrons. The molecule has 0 spiro atoms. The zero-order chi connectivity index (χ0) is 15.8. The average molecular weight is 445 g/mol. The minimum Gasteiger partial charge on any atom is -0.357 e. The first-order valence-electron chi connectivity index (χ1n) is 7.53. The monoisotopic (exact) mass is 445 g/mol. The van der Waals surface area contributed by atoms with E-state index in [9.17, 15) is 0 Å². The second-order valence-electron chi connectivity index (χ2n) is 5.00. The summed E-state index contributed by atoms with van der Waals surface area (Å²) in [5.74, 6) is 0.817. The van der Waals surface area contributed by atoms with Crippen LogP contribution in [0, 0.1) is 13.8 Å². The van der Waals surface area contributed by atoms with Gasteiger partial charge in [-0.25, -0.2) is 9.98 Å². The van der Waals surface area contributed by atoms with E-state index < -0.39 is 0 Å². The van der Waals surface area contributed by atoms with Crippen LogP contribution in [0.3, 0.4) is 0 Å². The Morgan fingerprint density at radius 1 is 1.17 bits per heavy atom. The van der Waals surface area contributed by atoms with E-state index in [4.69, 9.17) is 0 Å². The number of rotatable bonds is 6. The summed E-state index contributed by atoms with van der Waals surface area (Å²) in [6.07, 6.45) is 0.900. The van der Waals surface area contributed by atoms with Crippen LogP contribution in [-0.2, 0) is 13.0 Å². The highest BCUT2D eigenvalue weighted by atomic mass is 127. The summed E-state index contributed by atoms with van der Waals surface area (Å²) < 4.78 is 0. The normalized spacial score (nSPS) is 11.0. The van der Waals surface area contributed by atoms with Crippen LogP contribution >= 0.6 is 35.3 Å². The van der Waals surface area contributed by atoms with E-state index in [1.807, 2.05) is 32.0 Å². The maximum Gasteiger partial charge on any atom is 0.191 e. The molecule has 2 aromatic heterocycles. The molecule has 0 amide bonds. The van der Waals surface area contributed by atoms with E-state index in [0.29, 0.717) is 6.54 Å². The molecule has 0 aromatic carbocycles. The summed E-state index contributed by atoms with van der Waals surface area (Å²) in [6, 6.07) is 6.00. The van der Waals surface area contributed by atoms with Crippen molar-refractivity contribution < 1.29 is 0 Å². The predicted octanol–water partition coefficient (Wildman–Crippen LogP) is 3.07. The zero-order valence-corrected chi connectivity index (χ0v) is 16.9. The third kappa shape index (κ3) is 7.26. The van der Waals surface area contributed by atoms with E-state index in [1.165, 1.54) is 0 Å². The topological polar surface area (TPSA) is 62.2 Å². The van der Waals surface area contributed by atoms with Crippen LogP contribution in [-0.4, -0.2) is 29.0 Å². The van der Waals surface area contributed by atoms with Gasteiger partial charge in [0, 0.05) is 30.6 Å². The number of nitrogens with one attached hydrogen (secondary N) is 2. The van der Waals surface area contributed by atoms with E-state index >= 15 is 0 Å². The number of thiazole rings is 1. The van der Waals surface area contributed by atoms with Gasteiger partial charge in [-0.2, -0.15) is 0 Å². The quantitative estimate of drug-likeness (QED) is 0.408. The van der Waals surface area contributed by atoms with E-state index in [2.05, 4.69) is 37.9 Å². The Labute approximate surface area is 159 Å². The van der Waals surface area contributed by atoms with Crippen LogP contribution in [0.15, 0.2) is 28.6 Å². The third-order valence-corrected chi connectivity index (χ3v) is 3.85. The van der Waals surface area contributed by atoms with E-state index in [1.54, 1.807) is 11.3 Å². The standard InChI is InChI=1S/C16H23N5S.HI/c1-4-17-16(18-9-8-15-11-22-13(3)21-15)19-10-14-7-5-6-12(2)20-14;/h5-7,11H,4,8-10H2,1-3H3,(H2,17,18,19);1H. The van der Waals surface area contributed by atoms with Crippen molar-refractivity contribution in [3.05, 3.63) is 45.7 Å². The first kappa shape index (κ1) is 19.8. The minimum atomic E-state index is 0. The fourth-order valence-corrected chi connectivity index (χ4v) is 2.67. The predicted molar refractivity (Wildman–Crippen MR) is 108 cm³/mol. The van der Waals surface area contributed by atoms with E-state index in [0.717, 1.165) is 47.6 Å². The molecule has 0 atom stereocenters. The molecule has 0 aliphatic heterocycles. The highest BCUT2D eigenvalue weighted by Crippen LogP contribution is 2.07. The second kappa shape index (κ2) is 10.5. The molecule has 0 fully saturated rings. The second-order valence-corrected chi connectivity index (χ2v) is 6.06. The number of aliphatic imine (C=N–C) groups is 1. The van der Waals surface area contributed by atoms with Crippen molar-refractivity contribution in [3.63, 3.8) is 0 Å². The van der Waals surface area contributed by atoms with Crippen molar-refractivity contribution in [1.82, 2.24) is 20.6 Å². The van der Waals surface area contributed by atoms with Crippen molar-refractivity contribution in [3.8, 4) is 0 Å². The Morgan fingerprint density at radius 3 is 2.65 bits per heavy atom. The Bertz CT molecular complexity index is 626. The molecule has 23 heavy (non-hydrogen) atoms. The summed E-state index contributed by atoms with van der Waals surface area (Å²) in [5, 5.41) is 9.81. The molecule has 2 heterocycles. The Hall–Kier alpha value is -1.22. The van der Waals surface area contributed by atoms with Crippen molar-refractivity contribution in [2.45, 2.75) is 33.7 Å². The van der Waals surface area contributed by atoms with Gasteiger partial charge < -0.3 is 10.6 Å².